The largest absolute Gasteiger partial charge is 0.480 e. The Morgan fingerprint density at radius 3 is 3.09 bits per heavy atom. The van der Waals surface area contributed by atoms with Crippen molar-refractivity contribution in [3.63, 3.8) is 0 Å². The highest BCUT2D eigenvalue weighted by molar-refractivity contribution is 7.03. The van der Waals surface area contributed by atoms with Crippen LogP contribution in [0.15, 0.2) is 11.4 Å². The molecular formula is C6H8N2O2S. The first kappa shape index (κ1) is 8.16. The first-order valence-electron chi connectivity index (χ1n) is 3.08. The molecule has 0 saturated heterocycles. The van der Waals surface area contributed by atoms with Crippen LogP contribution in [0.2, 0.25) is 0 Å². The molecular weight excluding hydrogens is 164 g/mol. The van der Waals surface area contributed by atoms with Crippen LogP contribution in [0.5, 0.6) is 0 Å². The van der Waals surface area contributed by atoms with E-state index in [4.69, 9.17) is 10.8 Å². The van der Waals surface area contributed by atoms with Gasteiger partial charge in [-0.2, -0.15) is 4.37 Å². The van der Waals surface area contributed by atoms with Crippen molar-refractivity contribution in [2.24, 2.45) is 5.73 Å². The van der Waals surface area contributed by atoms with Gasteiger partial charge in [0.05, 0.1) is 5.69 Å². The average molecular weight is 172 g/mol. The van der Waals surface area contributed by atoms with Crippen LogP contribution in [0, 0.1) is 0 Å². The molecule has 60 valence electrons. The van der Waals surface area contributed by atoms with Gasteiger partial charge in [0.1, 0.15) is 6.04 Å². The third-order valence-electron chi connectivity index (χ3n) is 1.24. The summed E-state index contributed by atoms with van der Waals surface area (Å²) in [5.74, 6) is -0.988. The maximum atomic E-state index is 10.3. The molecule has 0 saturated carbocycles. The van der Waals surface area contributed by atoms with E-state index < -0.39 is 12.0 Å². The summed E-state index contributed by atoms with van der Waals surface area (Å²) < 4.78 is 3.94. The summed E-state index contributed by atoms with van der Waals surface area (Å²) in [4.78, 5) is 10.3. The minimum atomic E-state index is -0.988. The van der Waals surface area contributed by atoms with Gasteiger partial charge in [-0.3, -0.25) is 4.79 Å². The lowest BCUT2D eigenvalue weighted by atomic mass is 10.2. The minimum Gasteiger partial charge on any atom is -0.480 e. The van der Waals surface area contributed by atoms with Crippen molar-refractivity contribution in [3.8, 4) is 0 Å². The van der Waals surface area contributed by atoms with Crippen LogP contribution in [0.4, 0.5) is 0 Å². The van der Waals surface area contributed by atoms with Gasteiger partial charge >= 0.3 is 5.97 Å². The zero-order chi connectivity index (χ0) is 8.27. The molecule has 0 bridgehead atoms. The quantitative estimate of drug-likeness (QED) is 0.677. The number of carboxylic acid groups (broad SMARTS) is 1. The molecule has 0 fully saturated rings. The van der Waals surface area contributed by atoms with Crippen molar-refractivity contribution in [2.75, 3.05) is 0 Å². The molecule has 0 amide bonds. The molecule has 0 aliphatic rings. The molecule has 3 N–H and O–H groups in total. The molecule has 11 heavy (non-hydrogen) atoms. The van der Waals surface area contributed by atoms with E-state index in [1.165, 1.54) is 11.5 Å². The van der Waals surface area contributed by atoms with Crippen molar-refractivity contribution in [2.45, 2.75) is 12.5 Å². The molecule has 0 radical (unpaired) electrons. The molecule has 5 heteroatoms. The average Bonchev–Trinajstić information content (AvgIpc) is 2.39. The van der Waals surface area contributed by atoms with Crippen LogP contribution in [0.25, 0.3) is 0 Å². The van der Waals surface area contributed by atoms with Crippen molar-refractivity contribution < 1.29 is 9.90 Å². The molecule has 1 atom stereocenters. The first-order chi connectivity index (χ1) is 5.20. The zero-order valence-corrected chi connectivity index (χ0v) is 6.54. The Bertz CT molecular complexity index is 235. The van der Waals surface area contributed by atoms with Crippen LogP contribution < -0.4 is 5.73 Å². The molecule has 0 aliphatic heterocycles. The van der Waals surface area contributed by atoms with Crippen molar-refractivity contribution in [1.82, 2.24) is 4.37 Å². The summed E-state index contributed by atoms with van der Waals surface area (Å²) in [5.41, 5.74) is 6.01. The third-order valence-corrected chi connectivity index (χ3v) is 1.84. The van der Waals surface area contributed by atoms with E-state index in [9.17, 15) is 4.79 Å². The third kappa shape index (κ3) is 2.28. The van der Waals surface area contributed by atoms with Gasteiger partial charge in [-0.25, -0.2) is 0 Å². The van der Waals surface area contributed by atoms with E-state index in [0.717, 1.165) is 5.69 Å². The molecule has 0 aromatic carbocycles. The van der Waals surface area contributed by atoms with E-state index in [2.05, 4.69) is 4.37 Å². The predicted molar refractivity (Wildman–Crippen MR) is 41.4 cm³/mol. The molecule has 1 aromatic rings. The lowest BCUT2D eigenvalue weighted by molar-refractivity contribution is -0.138. The number of rotatable bonds is 3. The Balaban J connectivity index is 2.50. The highest BCUT2D eigenvalue weighted by Gasteiger charge is 2.12. The molecule has 1 unspecified atom stereocenters. The Morgan fingerprint density at radius 1 is 1.91 bits per heavy atom. The van der Waals surface area contributed by atoms with Crippen LogP contribution in [-0.4, -0.2) is 21.5 Å². The number of aromatic nitrogens is 1. The van der Waals surface area contributed by atoms with Gasteiger partial charge in [0.2, 0.25) is 0 Å². The fourth-order valence-corrected chi connectivity index (χ4v) is 1.21. The second kappa shape index (κ2) is 3.45. The normalized spacial score (nSPS) is 12.8. The minimum absolute atomic E-state index is 0.304. The van der Waals surface area contributed by atoms with E-state index in [-0.39, 0.29) is 0 Å². The first-order valence-corrected chi connectivity index (χ1v) is 3.91. The molecule has 4 nitrogen and oxygen atoms in total. The Kier molecular flexibility index (Phi) is 2.56. The number of carbonyl (C=O) groups is 1. The van der Waals surface area contributed by atoms with Crippen LogP contribution >= 0.6 is 11.5 Å². The van der Waals surface area contributed by atoms with Gasteiger partial charge in [0, 0.05) is 11.8 Å². The zero-order valence-electron chi connectivity index (χ0n) is 5.73. The summed E-state index contributed by atoms with van der Waals surface area (Å²) in [7, 11) is 0. The van der Waals surface area contributed by atoms with E-state index in [1.54, 1.807) is 11.4 Å². The Labute approximate surface area is 67.8 Å². The number of aliphatic carboxylic acids is 1. The number of hydrogen-bond donors (Lipinski definition) is 2. The van der Waals surface area contributed by atoms with Gasteiger partial charge in [-0.15, -0.1) is 0 Å². The standard InChI is InChI=1S/C6H8N2O2S/c7-5(6(9)10)3-4-1-2-11-8-4/h1-2,5H,3,7H2,(H,9,10). The Hall–Kier alpha value is -0.940. The summed E-state index contributed by atoms with van der Waals surface area (Å²) in [6.45, 7) is 0. The molecule has 0 spiro atoms. The predicted octanol–water partition coefficient (Wildman–Crippen LogP) is 0.0975. The van der Waals surface area contributed by atoms with Crippen LogP contribution in [0.1, 0.15) is 5.69 Å². The molecule has 1 rings (SSSR count). The monoisotopic (exact) mass is 172 g/mol. The van der Waals surface area contributed by atoms with Gasteiger partial charge in [-0.05, 0) is 17.6 Å². The van der Waals surface area contributed by atoms with E-state index in [0.29, 0.717) is 6.42 Å². The number of hydrogen-bond acceptors (Lipinski definition) is 4. The topological polar surface area (TPSA) is 76.2 Å². The van der Waals surface area contributed by atoms with Crippen molar-refractivity contribution >= 4 is 17.5 Å². The van der Waals surface area contributed by atoms with Crippen LogP contribution in [-0.2, 0) is 11.2 Å². The van der Waals surface area contributed by atoms with Gasteiger partial charge in [0.15, 0.2) is 0 Å². The van der Waals surface area contributed by atoms with Gasteiger partial charge in [-0.1, -0.05) is 0 Å². The second-order valence-corrected chi connectivity index (χ2v) is 2.81. The second-order valence-electron chi connectivity index (χ2n) is 2.14. The molecule has 1 heterocycles. The Morgan fingerprint density at radius 2 is 2.64 bits per heavy atom. The maximum absolute atomic E-state index is 10.3. The van der Waals surface area contributed by atoms with Crippen molar-refractivity contribution in [3.05, 3.63) is 17.1 Å². The number of carboxylic acids is 1. The van der Waals surface area contributed by atoms with E-state index in [1.807, 2.05) is 0 Å². The molecule has 1 aromatic heterocycles. The van der Waals surface area contributed by atoms with Crippen molar-refractivity contribution in [1.29, 1.82) is 0 Å². The fraction of sp³-hybridized carbons (Fsp3) is 0.333. The summed E-state index contributed by atoms with van der Waals surface area (Å²) in [6, 6.07) is 0.935. The lowest BCUT2D eigenvalue weighted by Gasteiger charge is -2.01. The van der Waals surface area contributed by atoms with Gasteiger partial charge < -0.3 is 10.8 Å². The summed E-state index contributed by atoms with van der Waals surface area (Å²) in [6.07, 6.45) is 0.304. The lowest BCUT2D eigenvalue weighted by Crippen LogP contribution is -2.32. The summed E-state index contributed by atoms with van der Waals surface area (Å²) >= 11 is 1.29. The fourth-order valence-electron chi connectivity index (χ4n) is 0.655. The highest BCUT2D eigenvalue weighted by Crippen LogP contribution is 2.02. The number of nitrogens with zero attached hydrogens (tertiary/aromatic N) is 1. The smallest absolute Gasteiger partial charge is 0.320 e. The maximum Gasteiger partial charge on any atom is 0.320 e. The molecule has 0 aliphatic carbocycles. The SMILES string of the molecule is NC(Cc1ccsn1)C(=O)O. The van der Waals surface area contributed by atoms with Crippen LogP contribution in [0.3, 0.4) is 0 Å². The number of nitrogens with two attached hydrogens (primary N) is 1. The van der Waals surface area contributed by atoms with Gasteiger partial charge in [0.25, 0.3) is 0 Å². The summed E-state index contributed by atoms with van der Waals surface area (Å²) in [5, 5.41) is 10.2. The highest BCUT2D eigenvalue weighted by atomic mass is 32.1. The van der Waals surface area contributed by atoms with E-state index >= 15 is 0 Å².